The van der Waals surface area contributed by atoms with Crippen molar-refractivity contribution in [1.29, 1.82) is 0 Å². The van der Waals surface area contributed by atoms with Crippen molar-refractivity contribution in [2.45, 2.75) is 32.4 Å². The van der Waals surface area contributed by atoms with Gasteiger partial charge in [-0.15, -0.1) is 0 Å². The third-order valence-electron chi connectivity index (χ3n) is 3.54. The van der Waals surface area contributed by atoms with E-state index in [2.05, 4.69) is 4.90 Å². The number of halogens is 1. The lowest BCUT2D eigenvalue weighted by Crippen LogP contribution is -2.26. The van der Waals surface area contributed by atoms with Gasteiger partial charge in [-0.2, -0.15) is 0 Å². The van der Waals surface area contributed by atoms with E-state index in [-0.39, 0.29) is 11.6 Å². The number of benzene rings is 1. The van der Waals surface area contributed by atoms with Crippen LogP contribution >= 0.6 is 0 Å². The molecule has 4 heteroatoms. The summed E-state index contributed by atoms with van der Waals surface area (Å²) in [6.07, 6.45) is 3.82. The predicted octanol–water partition coefficient (Wildman–Crippen LogP) is 3.79. The van der Waals surface area contributed by atoms with Gasteiger partial charge < -0.3 is 9.32 Å². The average Bonchev–Trinajstić information content (AvgIpc) is 3.13. The number of ketones is 1. The summed E-state index contributed by atoms with van der Waals surface area (Å²) in [5.74, 6) is 0.341. The number of nitrogens with zero attached hydrogens (tertiary/aromatic N) is 1. The molecule has 0 unspecified atom stereocenters. The molecule has 1 saturated carbocycles. The van der Waals surface area contributed by atoms with Gasteiger partial charge in [-0.25, -0.2) is 4.39 Å². The van der Waals surface area contributed by atoms with Crippen LogP contribution in [0.25, 0.3) is 0 Å². The molecule has 1 aromatic heterocycles. The lowest BCUT2D eigenvalue weighted by molar-refractivity contribution is 0.101. The maximum atomic E-state index is 13.4. The highest BCUT2D eigenvalue weighted by Gasteiger charge is 2.31. The first-order chi connectivity index (χ1) is 9.65. The third-order valence-corrected chi connectivity index (χ3v) is 3.54. The molecule has 1 heterocycles. The zero-order valence-corrected chi connectivity index (χ0v) is 11.3. The highest BCUT2D eigenvalue weighted by molar-refractivity contribution is 5.99. The molecule has 0 radical (unpaired) electrons. The van der Waals surface area contributed by atoms with Gasteiger partial charge in [0.15, 0.2) is 5.78 Å². The van der Waals surface area contributed by atoms with Crippen molar-refractivity contribution in [3.05, 3.63) is 53.7 Å². The second-order valence-electron chi connectivity index (χ2n) is 5.16. The minimum absolute atomic E-state index is 0.121. The Labute approximate surface area is 117 Å². The summed E-state index contributed by atoms with van der Waals surface area (Å²) in [5, 5.41) is 0. The van der Waals surface area contributed by atoms with E-state index >= 15 is 0 Å². The van der Waals surface area contributed by atoms with Crippen molar-refractivity contribution >= 4 is 11.5 Å². The number of hydrogen-bond donors (Lipinski definition) is 0. The number of anilines is 1. The molecule has 1 aliphatic rings. The normalized spacial score (nSPS) is 14.3. The molecular weight excluding hydrogens is 257 g/mol. The molecule has 1 fully saturated rings. The van der Waals surface area contributed by atoms with Crippen LogP contribution in [0.3, 0.4) is 0 Å². The topological polar surface area (TPSA) is 33.5 Å². The Morgan fingerprint density at radius 1 is 1.40 bits per heavy atom. The van der Waals surface area contributed by atoms with Gasteiger partial charge >= 0.3 is 0 Å². The molecule has 0 bridgehead atoms. The molecule has 0 spiro atoms. The number of furan rings is 1. The molecule has 3 rings (SSSR count). The van der Waals surface area contributed by atoms with Gasteiger partial charge in [-0.05, 0) is 50.1 Å². The lowest BCUT2D eigenvalue weighted by atomic mass is 10.1. The Bertz CT molecular complexity index is 617. The largest absolute Gasteiger partial charge is 0.467 e. The zero-order valence-electron chi connectivity index (χ0n) is 11.3. The summed E-state index contributed by atoms with van der Waals surface area (Å²) in [4.78, 5) is 13.9. The smallest absolute Gasteiger partial charge is 0.161 e. The molecule has 0 N–H and O–H groups in total. The van der Waals surface area contributed by atoms with E-state index in [1.165, 1.54) is 19.1 Å². The summed E-state index contributed by atoms with van der Waals surface area (Å²) in [6.45, 7) is 2.07. The monoisotopic (exact) mass is 273 g/mol. The Morgan fingerprint density at radius 2 is 2.20 bits per heavy atom. The SMILES string of the molecule is CC(=O)c1cc(F)ccc1N(Cc1ccco1)C1CC1. The average molecular weight is 273 g/mol. The Morgan fingerprint density at radius 3 is 2.80 bits per heavy atom. The van der Waals surface area contributed by atoms with Crippen LogP contribution in [0.15, 0.2) is 41.0 Å². The number of carbonyl (C=O) groups is 1. The minimum Gasteiger partial charge on any atom is -0.467 e. The third kappa shape index (κ3) is 2.59. The predicted molar refractivity (Wildman–Crippen MR) is 74.3 cm³/mol. The summed E-state index contributed by atoms with van der Waals surface area (Å²) < 4.78 is 18.8. The molecule has 3 nitrogen and oxygen atoms in total. The van der Waals surface area contributed by atoms with E-state index in [0.29, 0.717) is 18.2 Å². The van der Waals surface area contributed by atoms with Crippen molar-refractivity contribution in [2.24, 2.45) is 0 Å². The van der Waals surface area contributed by atoms with E-state index in [0.717, 1.165) is 24.3 Å². The second kappa shape index (κ2) is 5.12. The summed E-state index contributed by atoms with van der Waals surface area (Å²) in [5.41, 5.74) is 1.22. The van der Waals surface area contributed by atoms with Crippen LogP contribution < -0.4 is 4.90 Å². The minimum atomic E-state index is -0.382. The fourth-order valence-corrected chi connectivity index (χ4v) is 2.41. The molecule has 2 aromatic rings. The number of rotatable bonds is 5. The van der Waals surface area contributed by atoms with Crippen molar-refractivity contribution < 1.29 is 13.6 Å². The van der Waals surface area contributed by atoms with Gasteiger partial charge in [0.05, 0.1) is 12.8 Å². The number of carbonyl (C=O) groups excluding carboxylic acids is 1. The Balaban J connectivity index is 1.97. The first-order valence-electron chi connectivity index (χ1n) is 6.74. The van der Waals surface area contributed by atoms with Gasteiger partial charge in [0, 0.05) is 17.3 Å². The van der Waals surface area contributed by atoms with E-state index in [1.54, 1.807) is 12.3 Å². The van der Waals surface area contributed by atoms with Crippen LogP contribution in [-0.2, 0) is 6.54 Å². The Hall–Kier alpha value is -2.10. The maximum absolute atomic E-state index is 13.4. The number of hydrogen-bond acceptors (Lipinski definition) is 3. The molecule has 0 saturated heterocycles. The molecular formula is C16H16FNO2. The van der Waals surface area contributed by atoms with E-state index < -0.39 is 0 Å². The first-order valence-corrected chi connectivity index (χ1v) is 6.74. The van der Waals surface area contributed by atoms with Gasteiger partial charge in [-0.1, -0.05) is 0 Å². The van der Waals surface area contributed by atoms with Gasteiger partial charge in [-0.3, -0.25) is 4.79 Å². The van der Waals surface area contributed by atoms with Crippen LogP contribution in [0, 0.1) is 5.82 Å². The van der Waals surface area contributed by atoms with E-state index in [1.807, 2.05) is 12.1 Å². The highest BCUT2D eigenvalue weighted by atomic mass is 19.1. The maximum Gasteiger partial charge on any atom is 0.161 e. The second-order valence-corrected chi connectivity index (χ2v) is 5.16. The standard InChI is InChI=1S/C16H16FNO2/c1-11(19)15-9-12(17)4-7-16(15)18(13-5-6-13)10-14-3-2-8-20-14/h2-4,7-9,13H,5-6,10H2,1H3. The van der Waals surface area contributed by atoms with Gasteiger partial charge in [0.2, 0.25) is 0 Å². The van der Waals surface area contributed by atoms with Crippen molar-refractivity contribution in [3.63, 3.8) is 0 Å². The molecule has 104 valence electrons. The van der Waals surface area contributed by atoms with Crippen molar-refractivity contribution in [1.82, 2.24) is 0 Å². The first kappa shape index (κ1) is 12.9. The zero-order chi connectivity index (χ0) is 14.1. The fraction of sp³-hybridized carbons (Fsp3) is 0.312. The highest BCUT2D eigenvalue weighted by Crippen LogP contribution is 2.35. The molecule has 1 aliphatic carbocycles. The molecule has 0 aliphatic heterocycles. The van der Waals surface area contributed by atoms with Crippen LogP contribution in [0.4, 0.5) is 10.1 Å². The summed E-state index contributed by atoms with van der Waals surface area (Å²) in [7, 11) is 0. The van der Waals surface area contributed by atoms with Crippen LogP contribution in [0.2, 0.25) is 0 Å². The van der Waals surface area contributed by atoms with Crippen LogP contribution in [-0.4, -0.2) is 11.8 Å². The van der Waals surface area contributed by atoms with Crippen LogP contribution in [0.5, 0.6) is 0 Å². The van der Waals surface area contributed by atoms with Gasteiger partial charge in [0.25, 0.3) is 0 Å². The number of Topliss-reactive ketones (excluding diaryl/α,β-unsaturated/α-hetero) is 1. The van der Waals surface area contributed by atoms with E-state index in [9.17, 15) is 9.18 Å². The van der Waals surface area contributed by atoms with Crippen molar-refractivity contribution in [2.75, 3.05) is 4.90 Å². The summed E-state index contributed by atoms with van der Waals surface area (Å²) in [6, 6.07) is 8.56. The Kier molecular flexibility index (Phi) is 3.30. The van der Waals surface area contributed by atoms with Crippen LogP contribution in [0.1, 0.15) is 35.9 Å². The van der Waals surface area contributed by atoms with Crippen molar-refractivity contribution in [3.8, 4) is 0 Å². The molecule has 0 atom stereocenters. The fourth-order valence-electron chi connectivity index (χ4n) is 2.41. The molecule has 0 amide bonds. The summed E-state index contributed by atoms with van der Waals surface area (Å²) >= 11 is 0. The lowest BCUT2D eigenvalue weighted by Gasteiger charge is -2.25. The molecule has 20 heavy (non-hydrogen) atoms. The molecule has 1 aromatic carbocycles. The van der Waals surface area contributed by atoms with E-state index in [4.69, 9.17) is 4.42 Å². The quantitative estimate of drug-likeness (QED) is 0.777. The van der Waals surface area contributed by atoms with Gasteiger partial charge in [0.1, 0.15) is 11.6 Å².